The molecule has 0 aromatic heterocycles. The van der Waals surface area contributed by atoms with Gasteiger partial charge in [-0.25, -0.2) is 8.42 Å². The SMILES string of the molecule is COc1ccc(S(=O)(=O)Nc2ccc(Cl)cc2)c(N)c1. The van der Waals surface area contributed by atoms with Crippen LogP contribution in [-0.4, -0.2) is 15.5 Å². The van der Waals surface area contributed by atoms with Crippen molar-refractivity contribution >= 4 is 33.0 Å². The molecule has 0 heterocycles. The first-order valence-corrected chi connectivity index (χ1v) is 7.50. The highest BCUT2D eigenvalue weighted by Gasteiger charge is 2.18. The summed E-state index contributed by atoms with van der Waals surface area (Å²) in [6.45, 7) is 0. The number of anilines is 2. The first-order valence-electron chi connectivity index (χ1n) is 5.64. The number of rotatable bonds is 4. The third-order valence-corrected chi connectivity index (χ3v) is 4.31. The Morgan fingerprint density at radius 1 is 1.15 bits per heavy atom. The van der Waals surface area contributed by atoms with Gasteiger partial charge >= 0.3 is 0 Å². The van der Waals surface area contributed by atoms with Gasteiger partial charge in [-0.15, -0.1) is 0 Å². The molecule has 0 saturated carbocycles. The molecule has 0 amide bonds. The number of nitrogens with one attached hydrogen (secondary N) is 1. The van der Waals surface area contributed by atoms with Gasteiger partial charge in [-0.2, -0.15) is 0 Å². The lowest BCUT2D eigenvalue weighted by Gasteiger charge is -2.11. The van der Waals surface area contributed by atoms with Gasteiger partial charge in [-0.1, -0.05) is 11.6 Å². The van der Waals surface area contributed by atoms with Crippen molar-refractivity contribution in [1.29, 1.82) is 0 Å². The van der Waals surface area contributed by atoms with Crippen LogP contribution in [0.25, 0.3) is 0 Å². The van der Waals surface area contributed by atoms with Crippen LogP contribution in [0.15, 0.2) is 47.4 Å². The monoisotopic (exact) mass is 312 g/mol. The van der Waals surface area contributed by atoms with E-state index in [9.17, 15) is 8.42 Å². The summed E-state index contributed by atoms with van der Waals surface area (Å²) in [7, 11) is -2.27. The molecule has 0 spiro atoms. The molecule has 0 saturated heterocycles. The Labute approximate surface area is 122 Å². The fraction of sp³-hybridized carbons (Fsp3) is 0.0769. The third-order valence-electron chi connectivity index (χ3n) is 2.60. The molecule has 0 aliphatic rings. The molecule has 0 bridgehead atoms. The molecule has 0 aliphatic carbocycles. The lowest BCUT2D eigenvalue weighted by Crippen LogP contribution is -2.14. The summed E-state index contributed by atoms with van der Waals surface area (Å²) in [4.78, 5) is -0.00625. The summed E-state index contributed by atoms with van der Waals surface area (Å²) < 4.78 is 31.9. The largest absolute Gasteiger partial charge is 0.497 e. The second-order valence-electron chi connectivity index (χ2n) is 4.02. The van der Waals surface area contributed by atoms with E-state index in [0.717, 1.165) is 0 Å². The van der Waals surface area contributed by atoms with Crippen molar-refractivity contribution in [3.05, 3.63) is 47.5 Å². The van der Waals surface area contributed by atoms with Crippen LogP contribution < -0.4 is 15.2 Å². The molecule has 20 heavy (non-hydrogen) atoms. The second kappa shape index (κ2) is 5.60. The van der Waals surface area contributed by atoms with Gasteiger partial charge in [0, 0.05) is 16.8 Å². The number of nitrogens with two attached hydrogens (primary N) is 1. The van der Waals surface area contributed by atoms with Gasteiger partial charge in [-0.3, -0.25) is 4.72 Å². The zero-order valence-electron chi connectivity index (χ0n) is 10.6. The smallest absolute Gasteiger partial charge is 0.263 e. The quantitative estimate of drug-likeness (QED) is 0.851. The first-order chi connectivity index (χ1) is 9.42. The van der Waals surface area contributed by atoms with Gasteiger partial charge in [0.15, 0.2) is 0 Å². The summed E-state index contributed by atoms with van der Waals surface area (Å²) in [6.07, 6.45) is 0. The average molecular weight is 313 g/mol. The molecular formula is C13H13ClN2O3S. The van der Waals surface area contributed by atoms with Gasteiger partial charge in [0.05, 0.1) is 12.8 Å². The molecule has 5 nitrogen and oxygen atoms in total. The van der Waals surface area contributed by atoms with Gasteiger partial charge < -0.3 is 10.5 Å². The van der Waals surface area contributed by atoms with Gasteiger partial charge in [0.2, 0.25) is 0 Å². The van der Waals surface area contributed by atoms with Crippen LogP contribution in [-0.2, 0) is 10.0 Å². The Balaban J connectivity index is 2.33. The van der Waals surface area contributed by atoms with E-state index >= 15 is 0 Å². The molecule has 2 aromatic carbocycles. The standard InChI is InChI=1S/C13H13ClN2O3S/c1-19-11-6-7-13(12(15)8-11)20(17,18)16-10-4-2-9(14)3-5-10/h2-8,16H,15H2,1H3. The van der Waals surface area contributed by atoms with Gasteiger partial charge in [0.25, 0.3) is 10.0 Å². The lowest BCUT2D eigenvalue weighted by atomic mass is 10.3. The lowest BCUT2D eigenvalue weighted by molar-refractivity contribution is 0.414. The molecule has 106 valence electrons. The average Bonchev–Trinajstić information content (AvgIpc) is 2.40. The molecule has 2 aromatic rings. The molecule has 7 heteroatoms. The Morgan fingerprint density at radius 2 is 1.80 bits per heavy atom. The van der Waals surface area contributed by atoms with E-state index in [0.29, 0.717) is 16.5 Å². The van der Waals surface area contributed by atoms with Crippen LogP contribution in [0.5, 0.6) is 5.75 Å². The number of nitrogen functional groups attached to an aromatic ring is 1. The highest BCUT2D eigenvalue weighted by Crippen LogP contribution is 2.26. The summed E-state index contributed by atoms with van der Waals surface area (Å²) in [5.41, 5.74) is 6.26. The fourth-order valence-electron chi connectivity index (χ4n) is 1.63. The highest BCUT2D eigenvalue weighted by atomic mass is 35.5. The first kappa shape index (κ1) is 14.5. The van der Waals surface area contributed by atoms with Crippen LogP contribution in [0.3, 0.4) is 0 Å². The van der Waals surface area contributed by atoms with E-state index in [4.69, 9.17) is 22.1 Å². The van der Waals surface area contributed by atoms with E-state index in [-0.39, 0.29) is 10.6 Å². The molecular weight excluding hydrogens is 300 g/mol. The van der Waals surface area contributed by atoms with E-state index in [1.807, 2.05) is 0 Å². The minimum atomic E-state index is -3.76. The minimum Gasteiger partial charge on any atom is -0.497 e. The maximum atomic E-state index is 12.2. The normalized spacial score (nSPS) is 11.1. The van der Waals surface area contributed by atoms with Crippen LogP contribution in [0, 0.1) is 0 Å². The summed E-state index contributed by atoms with van der Waals surface area (Å²) in [5.74, 6) is 0.493. The van der Waals surface area contributed by atoms with Crippen molar-refractivity contribution in [3.63, 3.8) is 0 Å². The predicted molar refractivity (Wildman–Crippen MR) is 79.7 cm³/mol. The van der Waals surface area contributed by atoms with Crippen molar-refractivity contribution in [2.24, 2.45) is 0 Å². The minimum absolute atomic E-state index is 0.00625. The van der Waals surface area contributed by atoms with Gasteiger partial charge in [-0.05, 0) is 36.4 Å². The number of hydrogen-bond acceptors (Lipinski definition) is 4. The van der Waals surface area contributed by atoms with E-state index in [2.05, 4.69) is 4.72 Å². The second-order valence-corrected chi connectivity index (χ2v) is 6.10. The zero-order valence-corrected chi connectivity index (χ0v) is 12.2. The number of methoxy groups -OCH3 is 1. The molecule has 2 rings (SSSR count). The van der Waals surface area contributed by atoms with Crippen molar-refractivity contribution in [1.82, 2.24) is 0 Å². The van der Waals surface area contributed by atoms with Crippen LogP contribution in [0.4, 0.5) is 11.4 Å². The number of halogens is 1. The maximum Gasteiger partial charge on any atom is 0.263 e. The van der Waals surface area contributed by atoms with Crippen LogP contribution >= 0.6 is 11.6 Å². The fourth-order valence-corrected chi connectivity index (χ4v) is 2.93. The molecule has 0 aliphatic heterocycles. The molecule has 0 fully saturated rings. The Bertz CT molecular complexity index is 715. The molecule has 0 atom stereocenters. The Kier molecular flexibility index (Phi) is 4.06. The molecule has 3 N–H and O–H groups in total. The number of benzene rings is 2. The summed E-state index contributed by atoms with van der Waals surface area (Å²) in [5, 5.41) is 0.525. The van der Waals surface area contributed by atoms with E-state index < -0.39 is 10.0 Å². The third kappa shape index (κ3) is 3.15. The van der Waals surface area contributed by atoms with Crippen LogP contribution in [0.1, 0.15) is 0 Å². The topological polar surface area (TPSA) is 81.4 Å². The van der Waals surface area contributed by atoms with Crippen molar-refractivity contribution in [2.75, 3.05) is 17.6 Å². The number of ether oxygens (including phenoxy) is 1. The van der Waals surface area contributed by atoms with Crippen LogP contribution in [0.2, 0.25) is 5.02 Å². The molecule has 0 unspecified atom stereocenters. The summed E-state index contributed by atoms with van der Waals surface area (Å²) in [6, 6.07) is 10.7. The Morgan fingerprint density at radius 3 is 2.35 bits per heavy atom. The maximum absolute atomic E-state index is 12.2. The number of hydrogen-bond donors (Lipinski definition) is 2. The number of sulfonamides is 1. The van der Waals surface area contributed by atoms with Gasteiger partial charge in [0.1, 0.15) is 10.6 Å². The van der Waals surface area contributed by atoms with Crippen molar-refractivity contribution in [3.8, 4) is 5.75 Å². The van der Waals surface area contributed by atoms with Crippen molar-refractivity contribution in [2.45, 2.75) is 4.90 Å². The van der Waals surface area contributed by atoms with Crippen molar-refractivity contribution < 1.29 is 13.2 Å². The summed E-state index contributed by atoms with van der Waals surface area (Å²) >= 11 is 5.75. The molecule has 0 radical (unpaired) electrons. The zero-order chi connectivity index (χ0) is 14.8. The Hall–Kier alpha value is -1.92. The highest BCUT2D eigenvalue weighted by molar-refractivity contribution is 7.92. The van der Waals surface area contributed by atoms with E-state index in [1.165, 1.54) is 25.3 Å². The van der Waals surface area contributed by atoms with E-state index in [1.54, 1.807) is 24.3 Å². The predicted octanol–water partition coefficient (Wildman–Crippen LogP) is 2.73.